The molecule has 0 amide bonds. The summed E-state index contributed by atoms with van der Waals surface area (Å²) in [6, 6.07) is 3.91. The third-order valence-electron chi connectivity index (χ3n) is 2.62. The summed E-state index contributed by atoms with van der Waals surface area (Å²) in [7, 11) is 1.95. The Kier molecular flexibility index (Phi) is 3.47. The molecule has 0 fully saturated rings. The number of hydrogen-bond donors (Lipinski definition) is 2. The Bertz CT molecular complexity index is 537. The summed E-state index contributed by atoms with van der Waals surface area (Å²) in [4.78, 5) is 10.4. The highest BCUT2D eigenvalue weighted by atomic mass is 16.3. The summed E-state index contributed by atoms with van der Waals surface area (Å²) >= 11 is 0. The van der Waals surface area contributed by atoms with Crippen LogP contribution in [0.3, 0.4) is 0 Å². The molecule has 0 aliphatic carbocycles. The predicted octanol–water partition coefficient (Wildman–Crippen LogP) is 1.61. The quantitative estimate of drug-likeness (QED) is 0.631. The SMILES string of the molecule is Cc1ccc(CN(C)c2nc(NN)ncc2C)o1. The molecule has 2 aromatic heterocycles. The van der Waals surface area contributed by atoms with E-state index >= 15 is 0 Å². The summed E-state index contributed by atoms with van der Waals surface area (Å²) in [5.41, 5.74) is 3.43. The standard InChI is InChI=1S/C12H17N5O/c1-8-6-14-12(16-13)15-11(8)17(3)7-10-5-4-9(2)18-10/h4-6H,7,13H2,1-3H3,(H,14,15,16). The van der Waals surface area contributed by atoms with E-state index in [1.54, 1.807) is 6.20 Å². The molecule has 0 aromatic carbocycles. The van der Waals surface area contributed by atoms with Crippen LogP contribution in [-0.4, -0.2) is 17.0 Å². The van der Waals surface area contributed by atoms with Gasteiger partial charge >= 0.3 is 0 Å². The number of hydrazine groups is 1. The van der Waals surface area contributed by atoms with E-state index in [0.717, 1.165) is 22.9 Å². The van der Waals surface area contributed by atoms with Crippen LogP contribution in [0.5, 0.6) is 0 Å². The maximum atomic E-state index is 5.55. The Balaban J connectivity index is 2.20. The molecular weight excluding hydrogens is 230 g/mol. The van der Waals surface area contributed by atoms with E-state index in [4.69, 9.17) is 10.3 Å². The molecular formula is C12H17N5O. The molecule has 2 aromatic rings. The van der Waals surface area contributed by atoms with Gasteiger partial charge < -0.3 is 9.32 Å². The van der Waals surface area contributed by atoms with Crippen LogP contribution in [0.25, 0.3) is 0 Å². The molecule has 6 heteroatoms. The molecule has 2 heterocycles. The Morgan fingerprint density at radius 1 is 1.39 bits per heavy atom. The largest absolute Gasteiger partial charge is 0.464 e. The van der Waals surface area contributed by atoms with Crippen LogP contribution >= 0.6 is 0 Å². The Labute approximate surface area is 106 Å². The zero-order chi connectivity index (χ0) is 13.1. The van der Waals surface area contributed by atoms with Crippen LogP contribution in [0, 0.1) is 13.8 Å². The molecule has 0 aliphatic heterocycles. The van der Waals surface area contributed by atoms with Crippen molar-refractivity contribution in [1.29, 1.82) is 0 Å². The number of hydrogen-bond acceptors (Lipinski definition) is 6. The highest BCUT2D eigenvalue weighted by molar-refractivity contribution is 5.48. The first-order chi connectivity index (χ1) is 8.60. The number of aryl methyl sites for hydroxylation is 2. The van der Waals surface area contributed by atoms with E-state index in [9.17, 15) is 0 Å². The molecule has 0 atom stereocenters. The van der Waals surface area contributed by atoms with Gasteiger partial charge in [-0.2, -0.15) is 4.98 Å². The van der Waals surface area contributed by atoms with E-state index < -0.39 is 0 Å². The van der Waals surface area contributed by atoms with Crippen molar-refractivity contribution in [2.24, 2.45) is 5.84 Å². The molecule has 2 rings (SSSR count). The minimum atomic E-state index is 0.401. The second-order valence-electron chi connectivity index (χ2n) is 4.21. The van der Waals surface area contributed by atoms with E-state index in [1.165, 1.54) is 0 Å². The van der Waals surface area contributed by atoms with Crippen molar-refractivity contribution in [1.82, 2.24) is 9.97 Å². The van der Waals surface area contributed by atoms with Crippen LogP contribution in [0.1, 0.15) is 17.1 Å². The predicted molar refractivity (Wildman–Crippen MR) is 70.1 cm³/mol. The maximum absolute atomic E-state index is 5.55. The highest BCUT2D eigenvalue weighted by Gasteiger charge is 2.10. The minimum absolute atomic E-state index is 0.401. The monoisotopic (exact) mass is 247 g/mol. The van der Waals surface area contributed by atoms with Gasteiger partial charge in [0.2, 0.25) is 5.95 Å². The molecule has 96 valence electrons. The summed E-state index contributed by atoms with van der Waals surface area (Å²) in [6.45, 7) is 4.53. The van der Waals surface area contributed by atoms with Crippen molar-refractivity contribution >= 4 is 11.8 Å². The lowest BCUT2D eigenvalue weighted by Gasteiger charge is -2.19. The first kappa shape index (κ1) is 12.4. The Morgan fingerprint density at radius 2 is 2.17 bits per heavy atom. The fourth-order valence-corrected chi connectivity index (χ4v) is 1.77. The van der Waals surface area contributed by atoms with Crippen LogP contribution in [0.4, 0.5) is 11.8 Å². The lowest BCUT2D eigenvalue weighted by Crippen LogP contribution is -2.20. The van der Waals surface area contributed by atoms with Crippen molar-refractivity contribution in [3.8, 4) is 0 Å². The number of nitrogens with zero attached hydrogens (tertiary/aromatic N) is 3. The number of anilines is 2. The van der Waals surface area contributed by atoms with Gasteiger partial charge in [0.1, 0.15) is 17.3 Å². The Hall–Kier alpha value is -2.08. The molecule has 0 aliphatic rings. The van der Waals surface area contributed by atoms with Gasteiger partial charge in [-0.25, -0.2) is 10.8 Å². The molecule has 0 bridgehead atoms. The summed E-state index contributed by atoms with van der Waals surface area (Å²) in [5.74, 6) is 8.34. The second-order valence-corrected chi connectivity index (χ2v) is 4.21. The zero-order valence-electron chi connectivity index (χ0n) is 10.8. The van der Waals surface area contributed by atoms with Crippen LogP contribution in [-0.2, 0) is 6.54 Å². The smallest absolute Gasteiger partial charge is 0.239 e. The van der Waals surface area contributed by atoms with Crippen molar-refractivity contribution in [2.75, 3.05) is 17.4 Å². The van der Waals surface area contributed by atoms with Crippen molar-refractivity contribution < 1.29 is 4.42 Å². The number of aromatic nitrogens is 2. The van der Waals surface area contributed by atoms with Gasteiger partial charge in [-0.05, 0) is 26.0 Å². The summed E-state index contributed by atoms with van der Waals surface area (Å²) in [6.07, 6.45) is 1.74. The fourth-order valence-electron chi connectivity index (χ4n) is 1.77. The molecule has 3 N–H and O–H groups in total. The van der Waals surface area contributed by atoms with E-state index in [1.807, 2.05) is 37.9 Å². The van der Waals surface area contributed by atoms with Crippen molar-refractivity contribution in [3.63, 3.8) is 0 Å². The van der Waals surface area contributed by atoms with Gasteiger partial charge in [-0.15, -0.1) is 0 Å². The fraction of sp³-hybridized carbons (Fsp3) is 0.333. The number of rotatable bonds is 4. The number of furan rings is 1. The molecule has 0 unspecified atom stereocenters. The van der Waals surface area contributed by atoms with E-state index in [-0.39, 0.29) is 0 Å². The first-order valence-electron chi connectivity index (χ1n) is 5.67. The maximum Gasteiger partial charge on any atom is 0.239 e. The average molecular weight is 247 g/mol. The van der Waals surface area contributed by atoms with Gasteiger partial charge in [-0.3, -0.25) is 5.43 Å². The van der Waals surface area contributed by atoms with Crippen LogP contribution in [0.15, 0.2) is 22.7 Å². The number of nitrogens with two attached hydrogens (primary N) is 1. The third-order valence-corrected chi connectivity index (χ3v) is 2.62. The molecule has 0 saturated carbocycles. The summed E-state index contributed by atoms with van der Waals surface area (Å²) in [5, 5.41) is 0. The second kappa shape index (κ2) is 5.05. The molecule has 0 radical (unpaired) electrons. The number of nitrogens with one attached hydrogen (secondary N) is 1. The van der Waals surface area contributed by atoms with Gasteiger partial charge in [-0.1, -0.05) is 0 Å². The summed E-state index contributed by atoms with van der Waals surface area (Å²) < 4.78 is 5.55. The lowest BCUT2D eigenvalue weighted by atomic mass is 10.3. The van der Waals surface area contributed by atoms with Crippen LogP contribution < -0.4 is 16.2 Å². The van der Waals surface area contributed by atoms with Crippen LogP contribution in [0.2, 0.25) is 0 Å². The van der Waals surface area contributed by atoms with Gasteiger partial charge in [0.25, 0.3) is 0 Å². The van der Waals surface area contributed by atoms with Gasteiger partial charge in [0, 0.05) is 18.8 Å². The topological polar surface area (TPSA) is 80.2 Å². The van der Waals surface area contributed by atoms with Crippen molar-refractivity contribution in [3.05, 3.63) is 35.4 Å². The first-order valence-corrected chi connectivity index (χ1v) is 5.67. The van der Waals surface area contributed by atoms with Gasteiger partial charge in [0.05, 0.1) is 6.54 Å². The normalized spacial score (nSPS) is 10.4. The molecule has 18 heavy (non-hydrogen) atoms. The lowest BCUT2D eigenvalue weighted by molar-refractivity contribution is 0.481. The number of nitrogen functional groups attached to an aromatic ring is 1. The zero-order valence-corrected chi connectivity index (χ0v) is 10.8. The van der Waals surface area contributed by atoms with Crippen molar-refractivity contribution in [2.45, 2.75) is 20.4 Å². The third kappa shape index (κ3) is 2.60. The van der Waals surface area contributed by atoms with E-state index in [2.05, 4.69) is 15.4 Å². The molecule has 6 nitrogen and oxygen atoms in total. The molecule has 0 spiro atoms. The minimum Gasteiger partial charge on any atom is -0.464 e. The Morgan fingerprint density at radius 3 is 2.78 bits per heavy atom. The van der Waals surface area contributed by atoms with Gasteiger partial charge in [0.15, 0.2) is 0 Å². The molecule has 0 saturated heterocycles. The van der Waals surface area contributed by atoms with E-state index in [0.29, 0.717) is 12.5 Å². The average Bonchev–Trinajstić information content (AvgIpc) is 2.75. The highest BCUT2D eigenvalue weighted by Crippen LogP contribution is 2.19.